The average molecular weight is 256 g/mol. The van der Waals surface area contributed by atoms with Crippen LogP contribution in [0.1, 0.15) is 0 Å². The van der Waals surface area contributed by atoms with Crippen molar-refractivity contribution in [3.8, 4) is 22.6 Å². The van der Waals surface area contributed by atoms with Crippen LogP contribution >= 0.6 is 0 Å². The van der Waals surface area contributed by atoms with E-state index in [1.165, 1.54) is 24.7 Å². The first kappa shape index (κ1) is 11.3. The minimum absolute atomic E-state index is 0.129. The van der Waals surface area contributed by atoms with Gasteiger partial charge in [0, 0.05) is 24.0 Å². The van der Waals surface area contributed by atoms with E-state index in [1.54, 1.807) is 18.2 Å². The molecule has 0 aliphatic heterocycles. The number of pyridine rings is 1. The van der Waals surface area contributed by atoms with Crippen LogP contribution in [0.15, 0.2) is 47.3 Å². The van der Waals surface area contributed by atoms with E-state index in [-0.39, 0.29) is 5.95 Å². The Morgan fingerprint density at radius 2 is 2.11 bits per heavy atom. The van der Waals surface area contributed by atoms with Gasteiger partial charge in [-0.25, -0.2) is 15.0 Å². The number of nitrogen functional groups attached to an aromatic ring is 1. The molecule has 0 aromatic carbocycles. The lowest BCUT2D eigenvalue weighted by atomic mass is 10.1. The smallest absolute Gasteiger partial charge is 0.220 e. The molecule has 3 rings (SSSR count). The minimum atomic E-state index is -0.570. The van der Waals surface area contributed by atoms with E-state index >= 15 is 0 Å². The molecule has 0 radical (unpaired) electrons. The Balaban J connectivity index is 2.21. The molecule has 0 atom stereocenters. The number of furan rings is 1. The lowest BCUT2D eigenvalue weighted by Gasteiger charge is -2.06. The Hall–Kier alpha value is -2.76. The predicted molar refractivity (Wildman–Crippen MR) is 67.3 cm³/mol. The quantitative estimate of drug-likeness (QED) is 0.713. The van der Waals surface area contributed by atoms with E-state index in [0.717, 1.165) is 0 Å². The molecule has 94 valence electrons. The average Bonchev–Trinajstić information content (AvgIpc) is 2.92. The van der Waals surface area contributed by atoms with Crippen LogP contribution in [-0.4, -0.2) is 15.0 Å². The molecule has 0 aliphatic rings. The summed E-state index contributed by atoms with van der Waals surface area (Å²) in [6.45, 7) is 0. The number of nitrogens with two attached hydrogens (primary N) is 1. The number of anilines is 1. The van der Waals surface area contributed by atoms with Crippen molar-refractivity contribution in [1.29, 1.82) is 0 Å². The minimum Gasteiger partial charge on any atom is -0.463 e. The molecule has 0 saturated heterocycles. The highest BCUT2D eigenvalue weighted by atomic mass is 19.1. The second-order valence-electron chi connectivity index (χ2n) is 3.84. The molecule has 5 nitrogen and oxygen atoms in total. The Labute approximate surface area is 108 Å². The van der Waals surface area contributed by atoms with Gasteiger partial charge >= 0.3 is 0 Å². The Morgan fingerprint density at radius 3 is 2.84 bits per heavy atom. The predicted octanol–water partition coefficient (Wildman–Crippen LogP) is 2.52. The van der Waals surface area contributed by atoms with Crippen LogP contribution in [0.3, 0.4) is 0 Å². The summed E-state index contributed by atoms with van der Waals surface area (Å²) in [5.74, 6) is 0.103. The second kappa shape index (κ2) is 4.49. The summed E-state index contributed by atoms with van der Waals surface area (Å²) in [6.07, 6.45) is 4.45. The molecule has 0 spiro atoms. The maximum absolute atomic E-state index is 13.2. The van der Waals surface area contributed by atoms with Crippen molar-refractivity contribution in [3.63, 3.8) is 0 Å². The zero-order chi connectivity index (χ0) is 13.2. The van der Waals surface area contributed by atoms with Crippen LogP contribution in [0.25, 0.3) is 22.6 Å². The van der Waals surface area contributed by atoms with Gasteiger partial charge in [0.15, 0.2) is 5.76 Å². The number of hydrogen-bond donors (Lipinski definition) is 1. The van der Waals surface area contributed by atoms with Crippen molar-refractivity contribution in [3.05, 3.63) is 48.9 Å². The van der Waals surface area contributed by atoms with E-state index in [1.807, 2.05) is 0 Å². The molecule has 0 aliphatic carbocycles. The van der Waals surface area contributed by atoms with E-state index in [9.17, 15) is 4.39 Å². The fourth-order valence-electron chi connectivity index (χ4n) is 1.78. The molecule has 3 aromatic rings. The van der Waals surface area contributed by atoms with Gasteiger partial charge in [0.2, 0.25) is 11.9 Å². The highest BCUT2D eigenvalue weighted by Gasteiger charge is 2.13. The van der Waals surface area contributed by atoms with Gasteiger partial charge < -0.3 is 10.2 Å². The number of hydrogen-bond acceptors (Lipinski definition) is 5. The van der Waals surface area contributed by atoms with Gasteiger partial charge in [-0.3, -0.25) is 0 Å². The zero-order valence-electron chi connectivity index (χ0n) is 9.75. The summed E-state index contributed by atoms with van der Waals surface area (Å²) in [7, 11) is 0. The normalized spacial score (nSPS) is 10.6. The van der Waals surface area contributed by atoms with Gasteiger partial charge in [0.25, 0.3) is 0 Å². The number of nitrogens with zero attached hydrogens (tertiary/aromatic N) is 3. The topological polar surface area (TPSA) is 77.8 Å². The van der Waals surface area contributed by atoms with Gasteiger partial charge in [0.05, 0.1) is 6.26 Å². The maximum atomic E-state index is 13.2. The first-order valence-corrected chi connectivity index (χ1v) is 5.52. The molecule has 3 heterocycles. The Bertz CT molecular complexity index is 712. The molecule has 0 fully saturated rings. The van der Waals surface area contributed by atoms with Crippen molar-refractivity contribution in [2.75, 3.05) is 5.73 Å². The molecule has 2 N–H and O–H groups in total. The SMILES string of the molecule is Nc1ncc(-c2ccnc(F)c2)c(-c2ccco2)n1. The first-order chi connectivity index (χ1) is 9.24. The summed E-state index contributed by atoms with van der Waals surface area (Å²) in [6, 6.07) is 6.47. The van der Waals surface area contributed by atoms with Crippen LogP contribution in [0, 0.1) is 5.95 Å². The monoisotopic (exact) mass is 256 g/mol. The molecule has 0 bridgehead atoms. The van der Waals surface area contributed by atoms with Gasteiger partial charge in [-0.05, 0) is 23.8 Å². The van der Waals surface area contributed by atoms with Gasteiger partial charge in [0.1, 0.15) is 5.69 Å². The molecule has 0 amide bonds. The second-order valence-corrected chi connectivity index (χ2v) is 3.84. The molecular formula is C13H9FN4O. The lowest BCUT2D eigenvalue weighted by Crippen LogP contribution is -1.98. The summed E-state index contributed by atoms with van der Waals surface area (Å²) in [4.78, 5) is 11.6. The summed E-state index contributed by atoms with van der Waals surface area (Å²) in [5, 5.41) is 0. The number of aromatic nitrogens is 3. The van der Waals surface area contributed by atoms with Crippen LogP contribution in [0.4, 0.5) is 10.3 Å². The maximum Gasteiger partial charge on any atom is 0.220 e. The summed E-state index contributed by atoms with van der Waals surface area (Å²) >= 11 is 0. The van der Waals surface area contributed by atoms with Crippen LogP contribution in [0.5, 0.6) is 0 Å². The Kier molecular flexibility index (Phi) is 2.68. The third-order valence-electron chi connectivity index (χ3n) is 2.60. The first-order valence-electron chi connectivity index (χ1n) is 5.52. The number of rotatable bonds is 2. The molecule has 0 unspecified atom stereocenters. The van der Waals surface area contributed by atoms with Gasteiger partial charge in [-0.15, -0.1) is 0 Å². The van der Waals surface area contributed by atoms with Crippen molar-refractivity contribution in [2.45, 2.75) is 0 Å². The molecule has 19 heavy (non-hydrogen) atoms. The molecule has 0 saturated carbocycles. The van der Waals surface area contributed by atoms with E-state index in [4.69, 9.17) is 10.2 Å². The van der Waals surface area contributed by atoms with Crippen molar-refractivity contribution >= 4 is 5.95 Å². The standard InChI is InChI=1S/C13H9FN4O/c14-11-6-8(3-4-16-11)9-7-17-13(15)18-12(9)10-2-1-5-19-10/h1-7H,(H2,15,17,18). The largest absolute Gasteiger partial charge is 0.463 e. The third kappa shape index (κ3) is 2.15. The lowest BCUT2D eigenvalue weighted by molar-refractivity contribution is 0.579. The number of halogens is 1. The van der Waals surface area contributed by atoms with Gasteiger partial charge in [-0.2, -0.15) is 4.39 Å². The third-order valence-corrected chi connectivity index (χ3v) is 2.60. The van der Waals surface area contributed by atoms with Crippen molar-refractivity contribution in [1.82, 2.24) is 15.0 Å². The molecular weight excluding hydrogens is 247 g/mol. The summed E-state index contributed by atoms with van der Waals surface area (Å²) in [5.41, 5.74) is 7.35. The van der Waals surface area contributed by atoms with E-state index in [2.05, 4.69) is 15.0 Å². The van der Waals surface area contributed by atoms with Crippen LogP contribution in [-0.2, 0) is 0 Å². The molecule has 3 aromatic heterocycles. The summed E-state index contributed by atoms with van der Waals surface area (Å²) < 4.78 is 18.5. The Morgan fingerprint density at radius 1 is 1.21 bits per heavy atom. The van der Waals surface area contributed by atoms with E-state index in [0.29, 0.717) is 22.6 Å². The highest BCUT2D eigenvalue weighted by Crippen LogP contribution is 2.30. The van der Waals surface area contributed by atoms with Crippen LogP contribution in [0.2, 0.25) is 0 Å². The fraction of sp³-hybridized carbons (Fsp3) is 0. The fourth-order valence-corrected chi connectivity index (χ4v) is 1.78. The van der Waals surface area contributed by atoms with Crippen molar-refractivity contribution in [2.24, 2.45) is 0 Å². The molecule has 6 heteroatoms. The zero-order valence-corrected chi connectivity index (χ0v) is 9.75. The highest BCUT2D eigenvalue weighted by molar-refractivity contribution is 5.78. The van der Waals surface area contributed by atoms with E-state index < -0.39 is 5.95 Å². The van der Waals surface area contributed by atoms with Crippen molar-refractivity contribution < 1.29 is 8.81 Å². The van der Waals surface area contributed by atoms with Crippen LogP contribution < -0.4 is 5.73 Å². The van der Waals surface area contributed by atoms with Gasteiger partial charge in [-0.1, -0.05) is 0 Å².